The second-order valence-corrected chi connectivity index (χ2v) is 8.60. The van der Waals surface area contributed by atoms with Crippen LogP contribution in [-0.4, -0.2) is 48.6 Å². The fourth-order valence-corrected chi connectivity index (χ4v) is 4.45. The molecule has 1 aliphatic heterocycles. The van der Waals surface area contributed by atoms with Gasteiger partial charge >= 0.3 is 6.18 Å². The van der Waals surface area contributed by atoms with Crippen LogP contribution in [0.3, 0.4) is 0 Å². The summed E-state index contributed by atoms with van der Waals surface area (Å²) in [4.78, 5) is 23.0. The van der Waals surface area contributed by atoms with Crippen LogP contribution in [0.15, 0.2) is 55.2 Å². The highest BCUT2D eigenvalue weighted by molar-refractivity contribution is 5.98. The lowest BCUT2D eigenvalue weighted by atomic mass is 10.0. The zero-order valence-electron chi connectivity index (χ0n) is 19.1. The van der Waals surface area contributed by atoms with E-state index in [1.807, 2.05) is 0 Å². The monoisotopic (exact) mass is 511 g/mol. The second kappa shape index (κ2) is 7.91. The Morgan fingerprint density at radius 3 is 2.76 bits per heavy atom. The number of nitrogens with zero attached hydrogens (tertiary/aromatic N) is 6. The van der Waals surface area contributed by atoms with Crippen LogP contribution < -0.4 is 10.5 Å². The van der Waals surface area contributed by atoms with E-state index in [4.69, 9.17) is 10.5 Å². The van der Waals surface area contributed by atoms with Crippen molar-refractivity contribution in [3.05, 3.63) is 77.8 Å². The normalized spacial score (nSPS) is 15.2. The molecule has 4 heterocycles. The van der Waals surface area contributed by atoms with Crippen molar-refractivity contribution in [2.75, 3.05) is 19.4 Å². The average molecular weight is 511 g/mol. The van der Waals surface area contributed by atoms with E-state index in [-0.39, 0.29) is 23.5 Å². The third-order valence-electron chi connectivity index (χ3n) is 6.41. The first-order valence-corrected chi connectivity index (χ1v) is 11.0. The first-order chi connectivity index (χ1) is 17.6. The molecule has 5 aromatic rings. The van der Waals surface area contributed by atoms with Crippen molar-refractivity contribution in [1.82, 2.24) is 29.0 Å². The SMILES string of the molecule is CN(C(=O)c1cc2c(cc1F)nc(N)c1cncn12)[C@@H]1COc2cc(-n3cc(C(F)(F)F)cn3)ccc21. The molecule has 0 fully saturated rings. The summed E-state index contributed by atoms with van der Waals surface area (Å²) in [6.45, 7) is 0.0903. The summed E-state index contributed by atoms with van der Waals surface area (Å²) in [5.41, 5.74) is 7.14. The zero-order valence-corrected chi connectivity index (χ0v) is 19.1. The molecular formula is C24H17F4N7O2. The Labute approximate surface area is 205 Å². The lowest BCUT2D eigenvalue weighted by Crippen LogP contribution is -2.32. The predicted octanol–water partition coefficient (Wildman–Crippen LogP) is 4.01. The maximum absolute atomic E-state index is 15.0. The van der Waals surface area contributed by atoms with Crippen LogP contribution in [0.2, 0.25) is 0 Å². The van der Waals surface area contributed by atoms with E-state index in [1.54, 1.807) is 22.6 Å². The number of ether oxygens (including phenoxy) is 1. The molecule has 9 nitrogen and oxygen atoms in total. The number of halogens is 4. The lowest BCUT2D eigenvalue weighted by Gasteiger charge is -2.24. The van der Waals surface area contributed by atoms with Crippen molar-refractivity contribution in [3.8, 4) is 11.4 Å². The summed E-state index contributed by atoms with van der Waals surface area (Å²) in [5, 5.41) is 3.77. The molecule has 2 N–H and O–H groups in total. The minimum Gasteiger partial charge on any atom is -0.491 e. The number of fused-ring (bicyclic) bond motifs is 4. The number of aromatic nitrogens is 5. The quantitative estimate of drug-likeness (QED) is 0.367. The summed E-state index contributed by atoms with van der Waals surface area (Å²) in [6.07, 6.45) is 0.132. The van der Waals surface area contributed by atoms with Gasteiger partial charge in [-0.2, -0.15) is 18.3 Å². The fraction of sp³-hybridized carbons (Fsp3) is 0.167. The molecule has 2 aromatic carbocycles. The molecular weight excluding hydrogens is 494 g/mol. The van der Waals surface area contributed by atoms with Gasteiger partial charge in [0.1, 0.15) is 29.5 Å². The summed E-state index contributed by atoms with van der Waals surface area (Å²) in [6, 6.07) is 6.78. The van der Waals surface area contributed by atoms with Gasteiger partial charge in [-0.3, -0.25) is 9.20 Å². The number of carbonyl (C=O) groups is 1. The van der Waals surface area contributed by atoms with E-state index in [9.17, 15) is 18.0 Å². The van der Waals surface area contributed by atoms with E-state index >= 15 is 4.39 Å². The highest BCUT2D eigenvalue weighted by atomic mass is 19.4. The summed E-state index contributed by atoms with van der Waals surface area (Å²) < 4.78 is 62.3. The van der Waals surface area contributed by atoms with Gasteiger partial charge in [-0.1, -0.05) is 6.07 Å². The number of alkyl halides is 3. The number of hydrogen-bond acceptors (Lipinski definition) is 6. The lowest BCUT2D eigenvalue weighted by molar-refractivity contribution is -0.137. The topological polar surface area (TPSA) is 104 Å². The maximum Gasteiger partial charge on any atom is 0.419 e. The number of benzene rings is 2. The highest BCUT2D eigenvalue weighted by Crippen LogP contribution is 2.38. The summed E-state index contributed by atoms with van der Waals surface area (Å²) in [7, 11) is 1.53. The van der Waals surface area contributed by atoms with Crippen LogP contribution >= 0.6 is 0 Å². The number of anilines is 1. The van der Waals surface area contributed by atoms with Crippen molar-refractivity contribution in [3.63, 3.8) is 0 Å². The molecule has 1 amide bonds. The zero-order chi connectivity index (χ0) is 26.1. The van der Waals surface area contributed by atoms with E-state index < -0.39 is 29.5 Å². The van der Waals surface area contributed by atoms with Crippen LogP contribution in [0.25, 0.3) is 22.2 Å². The molecule has 3 aromatic heterocycles. The van der Waals surface area contributed by atoms with Gasteiger partial charge < -0.3 is 15.4 Å². The number of imidazole rings is 1. The smallest absolute Gasteiger partial charge is 0.419 e. The molecule has 13 heteroatoms. The Kier molecular flexibility index (Phi) is 4.87. The van der Waals surface area contributed by atoms with Crippen molar-refractivity contribution in [2.24, 2.45) is 0 Å². The highest BCUT2D eigenvalue weighted by Gasteiger charge is 2.34. The van der Waals surface area contributed by atoms with Gasteiger partial charge in [-0.05, 0) is 12.1 Å². The van der Waals surface area contributed by atoms with Crippen LogP contribution in [0.5, 0.6) is 5.75 Å². The number of nitrogens with two attached hydrogens (primary N) is 1. The molecule has 0 aliphatic carbocycles. The predicted molar refractivity (Wildman–Crippen MR) is 124 cm³/mol. The first kappa shape index (κ1) is 22.8. The minimum absolute atomic E-state index is 0.0903. The first-order valence-electron chi connectivity index (χ1n) is 11.0. The number of nitrogen functional groups attached to an aromatic ring is 1. The van der Waals surface area contributed by atoms with Crippen molar-refractivity contribution in [1.29, 1.82) is 0 Å². The molecule has 1 atom stereocenters. The number of likely N-dealkylation sites (N-methyl/N-ethyl adjacent to an activating group) is 1. The van der Waals surface area contributed by atoms with Gasteiger partial charge in [0.2, 0.25) is 0 Å². The largest absolute Gasteiger partial charge is 0.491 e. The van der Waals surface area contributed by atoms with Gasteiger partial charge in [-0.25, -0.2) is 19.0 Å². The van der Waals surface area contributed by atoms with Crippen LogP contribution in [-0.2, 0) is 6.18 Å². The van der Waals surface area contributed by atoms with Crippen LogP contribution in [0.1, 0.15) is 27.5 Å². The molecule has 37 heavy (non-hydrogen) atoms. The van der Waals surface area contributed by atoms with Gasteiger partial charge in [0, 0.05) is 30.9 Å². The van der Waals surface area contributed by atoms with E-state index in [1.165, 1.54) is 30.5 Å². The molecule has 0 bridgehead atoms. The third kappa shape index (κ3) is 3.61. The fourth-order valence-electron chi connectivity index (χ4n) is 4.45. The van der Waals surface area contributed by atoms with Crippen molar-refractivity contribution in [2.45, 2.75) is 12.2 Å². The Hall–Kier alpha value is -4.68. The third-order valence-corrected chi connectivity index (χ3v) is 6.41. The van der Waals surface area contributed by atoms with Gasteiger partial charge in [0.15, 0.2) is 0 Å². The Bertz CT molecular complexity index is 1710. The summed E-state index contributed by atoms with van der Waals surface area (Å²) in [5.74, 6) is -0.768. The van der Waals surface area contributed by atoms with Gasteiger partial charge in [0.05, 0.1) is 52.6 Å². The molecule has 0 unspecified atom stereocenters. The van der Waals surface area contributed by atoms with Crippen molar-refractivity contribution < 1.29 is 27.1 Å². The number of carbonyl (C=O) groups excluding carboxylic acids is 1. The second-order valence-electron chi connectivity index (χ2n) is 8.60. The number of hydrogen-bond donors (Lipinski definition) is 1. The van der Waals surface area contributed by atoms with E-state index in [2.05, 4.69) is 15.1 Å². The Morgan fingerprint density at radius 2 is 2.00 bits per heavy atom. The number of rotatable bonds is 3. The van der Waals surface area contributed by atoms with E-state index in [0.29, 0.717) is 28.0 Å². The molecule has 0 saturated carbocycles. The number of amides is 1. The van der Waals surface area contributed by atoms with E-state index in [0.717, 1.165) is 23.1 Å². The molecule has 0 saturated heterocycles. The molecule has 0 spiro atoms. The maximum atomic E-state index is 15.0. The van der Waals surface area contributed by atoms with Crippen LogP contribution in [0, 0.1) is 5.82 Å². The molecule has 0 radical (unpaired) electrons. The summed E-state index contributed by atoms with van der Waals surface area (Å²) >= 11 is 0. The Morgan fingerprint density at radius 1 is 1.19 bits per heavy atom. The van der Waals surface area contributed by atoms with Crippen LogP contribution in [0.4, 0.5) is 23.4 Å². The minimum atomic E-state index is -4.51. The average Bonchev–Trinajstić information content (AvgIpc) is 3.62. The molecule has 6 rings (SSSR count). The van der Waals surface area contributed by atoms with Crippen molar-refractivity contribution >= 4 is 28.3 Å². The Balaban J connectivity index is 1.31. The molecule has 1 aliphatic rings. The van der Waals surface area contributed by atoms with Gasteiger partial charge in [-0.15, -0.1) is 0 Å². The standard InChI is InChI=1S/C24H17F4N7O2/c1-33(23(36)15-5-18-17(6-16(15)25)32-22(29)19-8-30-11-34(18)19)20-10-37-21-4-13(2-3-14(20)21)35-9-12(7-31-35)24(26,27)28/h2-9,11,20H,10H2,1H3,(H2,29,32)/t20-/m1/s1. The van der Waals surface area contributed by atoms with Gasteiger partial charge in [0.25, 0.3) is 5.91 Å². The molecule has 188 valence electrons.